The number of para-hydroxylation sites is 1. The van der Waals surface area contributed by atoms with Crippen molar-refractivity contribution in [1.82, 2.24) is 20.9 Å². The lowest BCUT2D eigenvalue weighted by atomic mass is 9.84. The fraction of sp³-hybridized carbons (Fsp3) is 0.565. The molecule has 0 aliphatic heterocycles. The van der Waals surface area contributed by atoms with Gasteiger partial charge < -0.3 is 14.6 Å². The van der Waals surface area contributed by atoms with Crippen LogP contribution >= 0.6 is 0 Å². The van der Waals surface area contributed by atoms with Gasteiger partial charge >= 0.3 is 0 Å². The fourth-order valence-electron chi connectivity index (χ4n) is 4.31. The van der Waals surface area contributed by atoms with E-state index in [1.807, 2.05) is 24.3 Å². The minimum Gasteiger partial charge on any atom is -0.496 e. The van der Waals surface area contributed by atoms with Crippen molar-refractivity contribution >= 4 is 11.8 Å². The number of amides is 2. The number of hydrogen-bond donors (Lipinski definition) is 3. The number of rotatable bonds is 11. The third-order valence-corrected chi connectivity index (χ3v) is 6.07. The minimum absolute atomic E-state index is 0.0195. The summed E-state index contributed by atoms with van der Waals surface area (Å²) in [4.78, 5) is 28.5. The first-order chi connectivity index (χ1) is 15.6. The molecule has 0 bridgehead atoms. The van der Waals surface area contributed by atoms with Crippen LogP contribution in [0.5, 0.6) is 5.75 Å². The number of ether oxygens (including phenoxy) is 1. The molecule has 1 saturated carbocycles. The third kappa shape index (κ3) is 6.78. The standard InChI is InChI=1S/C23H32N4O5/c1-31-19-13-6-5-11-18(19)15-24-22(29)21-25-23(32-27-21)17(14-20(28)26-30)12-7-10-16-8-3-2-4-9-16/h5-6,11,13,16-17,30H,2-4,7-10,12,14-15H2,1H3,(H,24,29)(H,26,28). The van der Waals surface area contributed by atoms with Crippen molar-refractivity contribution in [3.8, 4) is 5.75 Å². The molecule has 174 valence electrons. The van der Waals surface area contributed by atoms with Crippen LogP contribution in [0.3, 0.4) is 0 Å². The molecule has 9 nitrogen and oxygen atoms in total. The van der Waals surface area contributed by atoms with Crippen LogP contribution in [-0.2, 0) is 11.3 Å². The molecule has 0 spiro atoms. The number of hydrogen-bond acceptors (Lipinski definition) is 7. The summed E-state index contributed by atoms with van der Waals surface area (Å²) in [6, 6.07) is 7.39. The van der Waals surface area contributed by atoms with Crippen LogP contribution in [0.4, 0.5) is 0 Å². The highest BCUT2D eigenvalue weighted by Gasteiger charge is 2.25. The average molecular weight is 445 g/mol. The molecule has 1 atom stereocenters. The van der Waals surface area contributed by atoms with Gasteiger partial charge in [0.15, 0.2) is 0 Å². The lowest BCUT2D eigenvalue weighted by Crippen LogP contribution is -2.24. The van der Waals surface area contributed by atoms with Gasteiger partial charge in [0.1, 0.15) is 5.75 Å². The Morgan fingerprint density at radius 1 is 1.25 bits per heavy atom. The van der Waals surface area contributed by atoms with Gasteiger partial charge in [0.2, 0.25) is 11.8 Å². The number of aromatic nitrogens is 2. The summed E-state index contributed by atoms with van der Waals surface area (Å²) in [5, 5.41) is 15.5. The molecule has 3 rings (SSSR count). The van der Waals surface area contributed by atoms with E-state index in [-0.39, 0.29) is 30.6 Å². The largest absolute Gasteiger partial charge is 0.496 e. The lowest BCUT2D eigenvalue weighted by Gasteiger charge is -2.22. The maximum Gasteiger partial charge on any atom is 0.292 e. The van der Waals surface area contributed by atoms with E-state index >= 15 is 0 Å². The summed E-state index contributed by atoms with van der Waals surface area (Å²) in [6.07, 6.45) is 9.14. The SMILES string of the molecule is COc1ccccc1CNC(=O)c1noc(C(CCCC2CCCCC2)CC(=O)NO)n1. The zero-order valence-corrected chi connectivity index (χ0v) is 18.5. The monoisotopic (exact) mass is 444 g/mol. The first-order valence-corrected chi connectivity index (χ1v) is 11.3. The van der Waals surface area contributed by atoms with Gasteiger partial charge in [-0.2, -0.15) is 4.98 Å². The Kier molecular flexibility index (Phi) is 9.03. The maximum absolute atomic E-state index is 12.5. The quantitative estimate of drug-likeness (QED) is 0.356. The number of benzene rings is 1. The van der Waals surface area contributed by atoms with Gasteiger partial charge in [0, 0.05) is 24.4 Å². The van der Waals surface area contributed by atoms with Crippen molar-refractivity contribution < 1.29 is 24.1 Å². The molecule has 2 aromatic rings. The maximum atomic E-state index is 12.5. The second-order valence-corrected chi connectivity index (χ2v) is 8.32. The normalized spacial score (nSPS) is 15.2. The number of carbonyl (C=O) groups is 2. The molecular weight excluding hydrogens is 412 g/mol. The topological polar surface area (TPSA) is 127 Å². The highest BCUT2D eigenvalue weighted by Crippen LogP contribution is 2.31. The van der Waals surface area contributed by atoms with Crippen LogP contribution < -0.4 is 15.5 Å². The molecule has 0 saturated heterocycles. The summed E-state index contributed by atoms with van der Waals surface area (Å²) >= 11 is 0. The first-order valence-electron chi connectivity index (χ1n) is 11.3. The van der Waals surface area contributed by atoms with E-state index in [1.165, 1.54) is 32.1 Å². The zero-order valence-electron chi connectivity index (χ0n) is 18.5. The Balaban J connectivity index is 1.58. The zero-order chi connectivity index (χ0) is 22.8. The molecule has 0 radical (unpaired) electrons. The second-order valence-electron chi connectivity index (χ2n) is 8.32. The smallest absolute Gasteiger partial charge is 0.292 e. The number of hydroxylamine groups is 1. The number of carbonyl (C=O) groups excluding carboxylic acids is 2. The Hall–Kier alpha value is -2.94. The Labute approximate surface area is 187 Å². The van der Waals surface area contributed by atoms with Gasteiger partial charge in [0.05, 0.1) is 7.11 Å². The van der Waals surface area contributed by atoms with Crippen molar-refractivity contribution in [2.45, 2.75) is 70.3 Å². The van der Waals surface area contributed by atoms with Crippen LogP contribution in [0.1, 0.15) is 85.8 Å². The number of methoxy groups -OCH3 is 1. The number of nitrogens with one attached hydrogen (secondary N) is 2. The van der Waals surface area contributed by atoms with E-state index in [0.29, 0.717) is 12.2 Å². The summed E-state index contributed by atoms with van der Waals surface area (Å²) in [7, 11) is 1.57. The third-order valence-electron chi connectivity index (χ3n) is 6.07. The van der Waals surface area contributed by atoms with E-state index in [9.17, 15) is 9.59 Å². The van der Waals surface area contributed by atoms with Crippen molar-refractivity contribution in [3.05, 3.63) is 41.5 Å². The van der Waals surface area contributed by atoms with Crippen LogP contribution in [0, 0.1) is 5.92 Å². The molecule has 1 aromatic heterocycles. The Morgan fingerprint density at radius 2 is 2.03 bits per heavy atom. The lowest BCUT2D eigenvalue weighted by molar-refractivity contribution is -0.129. The number of nitrogens with zero attached hydrogens (tertiary/aromatic N) is 2. The van der Waals surface area contributed by atoms with E-state index in [0.717, 1.165) is 24.3 Å². The Morgan fingerprint density at radius 3 is 2.78 bits per heavy atom. The van der Waals surface area contributed by atoms with Crippen molar-refractivity contribution in [1.29, 1.82) is 0 Å². The van der Waals surface area contributed by atoms with Crippen molar-refractivity contribution in [2.24, 2.45) is 5.92 Å². The predicted octanol–water partition coefficient (Wildman–Crippen LogP) is 3.74. The predicted molar refractivity (Wildman–Crippen MR) is 116 cm³/mol. The highest BCUT2D eigenvalue weighted by molar-refractivity contribution is 5.90. The van der Waals surface area contributed by atoms with Gasteiger partial charge in [-0.25, -0.2) is 5.48 Å². The molecule has 3 N–H and O–H groups in total. The van der Waals surface area contributed by atoms with E-state index in [1.54, 1.807) is 12.6 Å². The van der Waals surface area contributed by atoms with Gasteiger partial charge in [-0.15, -0.1) is 0 Å². The van der Waals surface area contributed by atoms with E-state index in [2.05, 4.69) is 15.5 Å². The van der Waals surface area contributed by atoms with Crippen molar-refractivity contribution in [2.75, 3.05) is 7.11 Å². The molecule has 1 aromatic carbocycles. The van der Waals surface area contributed by atoms with Gasteiger partial charge in [-0.1, -0.05) is 68.3 Å². The molecule has 2 amide bonds. The summed E-state index contributed by atoms with van der Waals surface area (Å²) in [5.41, 5.74) is 2.49. The molecule has 1 heterocycles. The molecule has 1 aliphatic rings. The average Bonchev–Trinajstić information content (AvgIpc) is 3.33. The van der Waals surface area contributed by atoms with Crippen LogP contribution in [0.2, 0.25) is 0 Å². The van der Waals surface area contributed by atoms with Crippen LogP contribution in [0.15, 0.2) is 28.8 Å². The molecule has 1 aliphatic carbocycles. The van der Waals surface area contributed by atoms with E-state index < -0.39 is 11.8 Å². The van der Waals surface area contributed by atoms with Gasteiger partial charge in [0.25, 0.3) is 11.7 Å². The fourth-order valence-corrected chi connectivity index (χ4v) is 4.31. The summed E-state index contributed by atoms with van der Waals surface area (Å²) in [6.45, 7) is 0.254. The van der Waals surface area contributed by atoms with Crippen molar-refractivity contribution in [3.63, 3.8) is 0 Å². The summed E-state index contributed by atoms with van der Waals surface area (Å²) in [5.74, 6) is 0.210. The Bertz CT molecular complexity index is 879. The highest BCUT2D eigenvalue weighted by atomic mass is 16.5. The molecule has 32 heavy (non-hydrogen) atoms. The van der Waals surface area contributed by atoms with Crippen LogP contribution in [0.25, 0.3) is 0 Å². The molecule has 1 fully saturated rings. The molecule has 1 unspecified atom stereocenters. The summed E-state index contributed by atoms with van der Waals surface area (Å²) < 4.78 is 10.6. The van der Waals surface area contributed by atoms with Gasteiger partial charge in [-0.3, -0.25) is 14.8 Å². The van der Waals surface area contributed by atoms with Gasteiger partial charge in [-0.05, 0) is 18.4 Å². The molecule has 9 heteroatoms. The minimum atomic E-state index is -0.520. The van der Waals surface area contributed by atoms with E-state index in [4.69, 9.17) is 14.5 Å². The van der Waals surface area contributed by atoms with Crippen LogP contribution in [-0.4, -0.2) is 34.3 Å². The second kappa shape index (κ2) is 12.2. The first kappa shape index (κ1) is 23.7. The molecular formula is C23H32N4O5.